The molecule has 0 radical (unpaired) electrons. The molecule has 18 heavy (non-hydrogen) atoms. The molecule has 1 atom stereocenters. The summed E-state index contributed by atoms with van der Waals surface area (Å²) in [5.41, 5.74) is 1.04. The van der Waals surface area contributed by atoms with Crippen molar-refractivity contribution in [1.82, 2.24) is 15.2 Å². The van der Waals surface area contributed by atoms with Gasteiger partial charge in [-0.05, 0) is 6.42 Å². The van der Waals surface area contributed by atoms with Gasteiger partial charge in [0.15, 0.2) is 0 Å². The SMILES string of the molecule is CCC[C@H](c1c(Cl)cncc1Cl)N1CCNCC1. The molecule has 0 spiro atoms. The van der Waals surface area contributed by atoms with Crippen molar-refractivity contribution in [2.75, 3.05) is 26.2 Å². The molecule has 2 rings (SSSR count). The van der Waals surface area contributed by atoms with Gasteiger partial charge in [0.1, 0.15) is 0 Å². The van der Waals surface area contributed by atoms with Gasteiger partial charge in [-0.2, -0.15) is 0 Å². The topological polar surface area (TPSA) is 28.2 Å². The third kappa shape index (κ3) is 3.15. The summed E-state index contributed by atoms with van der Waals surface area (Å²) in [5, 5.41) is 4.73. The molecule has 0 bridgehead atoms. The first-order chi connectivity index (χ1) is 8.74. The standard InChI is InChI=1S/C13H19Cl2N3/c1-2-3-12(18-6-4-16-5-7-18)13-10(14)8-17-9-11(13)15/h8-9,12,16H,2-7H2,1H3/t12-/m1/s1. The Morgan fingerprint density at radius 3 is 2.44 bits per heavy atom. The van der Waals surface area contributed by atoms with Gasteiger partial charge in [-0.15, -0.1) is 0 Å². The quantitative estimate of drug-likeness (QED) is 0.922. The van der Waals surface area contributed by atoms with E-state index in [1.165, 1.54) is 0 Å². The number of halogens is 2. The molecule has 0 amide bonds. The summed E-state index contributed by atoms with van der Waals surface area (Å²) in [6.07, 6.45) is 5.56. The van der Waals surface area contributed by atoms with E-state index in [0.29, 0.717) is 16.1 Å². The van der Waals surface area contributed by atoms with Gasteiger partial charge in [-0.25, -0.2) is 0 Å². The van der Waals surface area contributed by atoms with Crippen molar-refractivity contribution < 1.29 is 0 Å². The summed E-state index contributed by atoms with van der Waals surface area (Å²) in [6.45, 7) is 6.33. The van der Waals surface area contributed by atoms with E-state index in [1.54, 1.807) is 12.4 Å². The minimum absolute atomic E-state index is 0.306. The van der Waals surface area contributed by atoms with Crippen LogP contribution in [0, 0.1) is 0 Å². The molecule has 0 aliphatic carbocycles. The smallest absolute Gasteiger partial charge is 0.0652 e. The van der Waals surface area contributed by atoms with Gasteiger partial charge in [-0.3, -0.25) is 9.88 Å². The Bertz CT molecular complexity index is 372. The van der Waals surface area contributed by atoms with Crippen LogP contribution in [0.3, 0.4) is 0 Å². The molecule has 1 aromatic heterocycles. The van der Waals surface area contributed by atoms with E-state index in [4.69, 9.17) is 23.2 Å². The molecule has 0 saturated carbocycles. The van der Waals surface area contributed by atoms with Crippen LogP contribution in [0.4, 0.5) is 0 Å². The molecule has 1 aliphatic rings. The molecule has 1 aromatic rings. The zero-order chi connectivity index (χ0) is 13.0. The van der Waals surface area contributed by atoms with E-state index >= 15 is 0 Å². The lowest BCUT2D eigenvalue weighted by Gasteiger charge is -2.35. The van der Waals surface area contributed by atoms with E-state index in [0.717, 1.165) is 44.6 Å². The third-order valence-electron chi connectivity index (χ3n) is 3.38. The van der Waals surface area contributed by atoms with Crippen LogP contribution in [0.5, 0.6) is 0 Å². The molecule has 1 N–H and O–H groups in total. The van der Waals surface area contributed by atoms with Crippen LogP contribution >= 0.6 is 23.2 Å². The Kier molecular flexibility index (Phi) is 5.25. The summed E-state index contributed by atoms with van der Waals surface area (Å²) >= 11 is 12.6. The number of piperazine rings is 1. The molecule has 2 heterocycles. The van der Waals surface area contributed by atoms with E-state index in [1.807, 2.05) is 0 Å². The average Bonchev–Trinajstić information content (AvgIpc) is 2.38. The lowest BCUT2D eigenvalue weighted by Crippen LogP contribution is -2.45. The highest BCUT2D eigenvalue weighted by molar-refractivity contribution is 6.35. The molecule has 5 heteroatoms. The van der Waals surface area contributed by atoms with Crippen molar-refractivity contribution in [2.45, 2.75) is 25.8 Å². The Balaban J connectivity index is 2.28. The fourth-order valence-corrected chi connectivity index (χ4v) is 3.13. The van der Waals surface area contributed by atoms with Crippen LogP contribution in [-0.2, 0) is 0 Å². The lowest BCUT2D eigenvalue weighted by atomic mass is 10.0. The number of nitrogens with one attached hydrogen (secondary N) is 1. The summed E-state index contributed by atoms with van der Waals surface area (Å²) < 4.78 is 0. The van der Waals surface area contributed by atoms with Gasteiger partial charge in [0, 0.05) is 50.2 Å². The Hall–Kier alpha value is -0.350. The monoisotopic (exact) mass is 287 g/mol. The van der Waals surface area contributed by atoms with E-state index in [9.17, 15) is 0 Å². The third-order valence-corrected chi connectivity index (χ3v) is 3.98. The predicted molar refractivity (Wildman–Crippen MR) is 76.3 cm³/mol. The highest BCUT2D eigenvalue weighted by Gasteiger charge is 2.25. The predicted octanol–water partition coefficient (Wildman–Crippen LogP) is 3.13. The van der Waals surface area contributed by atoms with Gasteiger partial charge in [-0.1, -0.05) is 36.5 Å². The molecular weight excluding hydrogens is 269 g/mol. The van der Waals surface area contributed by atoms with Crippen molar-refractivity contribution in [3.8, 4) is 0 Å². The largest absolute Gasteiger partial charge is 0.314 e. The number of rotatable bonds is 4. The van der Waals surface area contributed by atoms with Gasteiger partial charge >= 0.3 is 0 Å². The molecule has 1 saturated heterocycles. The first kappa shape index (κ1) is 14.1. The molecular formula is C13H19Cl2N3. The van der Waals surface area contributed by atoms with Gasteiger partial charge in [0.05, 0.1) is 10.0 Å². The number of hydrogen-bond donors (Lipinski definition) is 1. The van der Waals surface area contributed by atoms with Crippen LogP contribution in [0.2, 0.25) is 10.0 Å². The second kappa shape index (κ2) is 6.71. The van der Waals surface area contributed by atoms with Crippen molar-refractivity contribution >= 4 is 23.2 Å². The van der Waals surface area contributed by atoms with Gasteiger partial charge < -0.3 is 5.32 Å². The maximum atomic E-state index is 6.29. The minimum atomic E-state index is 0.306. The number of aromatic nitrogens is 1. The fourth-order valence-electron chi connectivity index (χ4n) is 2.52. The van der Waals surface area contributed by atoms with E-state index in [-0.39, 0.29) is 0 Å². The van der Waals surface area contributed by atoms with Crippen LogP contribution < -0.4 is 5.32 Å². The highest BCUT2D eigenvalue weighted by atomic mass is 35.5. The molecule has 3 nitrogen and oxygen atoms in total. The maximum absolute atomic E-state index is 6.29. The summed E-state index contributed by atoms with van der Waals surface area (Å²) in [6, 6.07) is 0.306. The Morgan fingerprint density at radius 2 is 1.89 bits per heavy atom. The first-order valence-electron chi connectivity index (χ1n) is 6.47. The minimum Gasteiger partial charge on any atom is -0.314 e. The fraction of sp³-hybridized carbons (Fsp3) is 0.615. The van der Waals surface area contributed by atoms with Gasteiger partial charge in [0.2, 0.25) is 0 Å². The first-order valence-corrected chi connectivity index (χ1v) is 7.23. The van der Waals surface area contributed by atoms with Crippen LogP contribution in [-0.4, -0.2) is 36.1 Å². The Labute approximate surface area is 118 Å². The second-order valence-corrected chi connectivity index (χ2v) is 5.42. The van der Waals surface area contributed by atoms with Crippen LogP contribution in [0.1, 0.15) is 31.4 Å². The summed E-state index contributed by atoms with van der Waals surface area (Å²) in [7, 11) is 0. The average molecular weight is 288 g/mol. The van der Waals surface area contributed by atoms with E-state index < -0.39 is 0 Å². The van der Waals surface area contributed by atoms with Crippen molar-refractivity contribution in [3.05, 3.63) is 28.0 Å². The zero-order valence-electron chi connectivity index (χ0n) is 10.6. The molecule has 1 aliphatic heterocycles. The summed E-state index contributed by atoms with van der Waals surface area (Å²) in [5.74, 6) is 0. The lowest BCUT2D eigenvalue weighted by molar-refractivity contribution is 0.164. The molecule has 0 aromatic carbocycles. The highest BCUT2D eigenvalue weighted by Crippen LogP contribution is 2.35. The van der Waals surface area contributed by atoms with Crippen molar-refractivity contribution in [2.24, 2.45) is 0 Å². The van der Waals surface area contributed by atoms with Crippen LogP contribution in [0.25, 0.3) is 0 Å². The zero-order valence-corrected chi connectivity index (χ0v) is 12.1. The van der Waals surface area contributed by atoms with E-state index in [2.05, 4.69) is 22.1 Å². The molecule has 1 fully saturated rings. The van der Waals surface area contributed by atoms with Gasteiger partial charge in [0.25, 0.3) is 0 Å². The second-order valence-electron chi connectivity index (χ2n) is 4.61. The number of pyridine rings is 1. The summed E-state index contributed by atoms with van der Waals surface area (Å²) in [4.78, 5) is 6.50. The molecule has 100 valence electrons. The number of nitrogens with zero attached hydrogens (tertiary/aromatic N) is 2. The van der Waals surface area contributed by atoms with Crippen LogP contribution in [0.15, 0.2) is 12.4 Å². The molecule has 0 unspecified atom stereocenters. The van der Waals surface area contributed by atoms with Crippen molar-refractivity contribution in [1.29, 1.82) is 0 Å². The Morgan fingerprint density at radius 1 is 1.28 bits per heavy atom. The number of hydrogen-bond acceptors (Lipinski definition) is 3. The maximum Gasteiger partial charge on any atom is 0.0652 e. The normalized spacial score (nSPS) is 18.8. The van der Waals surface area contributed by atoms with Crippen molar-refractivity contribution in [3.63, 3.8) is 0 Å².